The lowest BCUT2D eigenvalue weighted by molar-refractivity contribution is -0.305. The van der Waals surface area contributed by atoms with Crippen LogP contribution in [0.4, 0.5) is 0 Å². The molecule has 8 atom stereocenters. The van der Waals surface area contributed by atoms with E-state index in [0.717, 1.165) is 70.6 Å². The number of nitrogens with one attached hydrogen (secondary N) is 1. The number of ether oxygens (including phenoxy) is 3. The number of carbonyl (C=O) groups is 2. The van der Waals surface area contributed by atoms with E-state index in [1.54, 1.807) is 6.08 Å². The van der Waals surface area contributed by atoms with E-state index in [9.17, 15) is 35.1 Å². The quantitative estimate of drug-likeness (QED) is 0.0149. The van der Waals surface area contributed by atoms with Gasteiger partial charge in [-0.25, -0.2) is 0 Å². The second kappa shape index (κ2) is 45.7. The van der Waals surface area contributed by atoms with E-state index in [4.69, 9.17) is 14.2 Å². The van der Waals surface area contributed by atoms with E-state index in [1.165, 1.54) is 77.0 Å². The second-order valence-corrected chi connectivity index (χ2v) is 18.4. The zero-order valence-electron chi connectivity index (χ0n) is 43.1. The molecule has 69 heavy (non-hydrogen) atoms. The molecule has 1 rings (SSSR count). The average molecular weight is 968 g/mol. The molecule has 0 bridgehead atoms. The Morgan fingerprint density at radius 1 is 0.580 bits per heavy atom. The number of carbonyl (C=O) groups excluding carboxylic acids is 2. The summed E-state index contributed by atoms with van der Waals surface area (Å²) >= 11 is 0. The Morgan fingerprint density at radius 3 is 1.61 bits per heavy atom. The van der Waals surface area contributed by atoms with Crippen molar-refractivity contribution in [3.63, 3.8) is 0 Å². The molecule has 1 saturated heterocycles. The van der Waals surface area contributed by atoms with Crippen LogP contribution in [0.2, 0.25) is 0 Å². The van der Waals surface area contributed by atoms with Gasteiger partial charge in [0.25, 0.3) is 0 Å². The molecular formula is C58H97NO10. The van der Waals surface area contributed by atoms with E-state index in [2.05, 4.69) is 50.4 Å². The first-order valence-electron chi connectivity index (χ1n) is 27.1. The molecule has 0 spiro atoms. The summed E-state index contributed by atoms with van der Waals surface area (Å²) in [5, 5.41) is 56.6. The van der Waals surface area contributed by atoms with Crippen molar-refractivity contribution < 1.29 is 49.3 Å². The molecule has 394 valence electrons. The van der Waals surface area contributed by atoms with E-state index in [1.807, 2.05) is 66.8 Å². The molecule has 0 saturated carbocycles. The number of amides is 1. The van der Waals surface area contributed by atoms with Gasteiger partial charge in [-0.05, 0) is 70.6 Å². The van der Waals surface area contributed by atoms with E-state index in [0.29, 0.717) is 12.8 Å². The number of hydrogen-bond donors (Lipinski definition) is 6. The minimum Gasteiger partial charge on any atom is -0.454 e. The Morgan fingerprint density at radius 2 is 1.06 bits per heavy atom. The summed E-state index contributed by atoms with van der Waals surface area (Å²) in [5.74, 6) is -1.27. The molecular weight excluding hydrogens is 871 g/mol. The van der Waals surface area contributed by atoms with Gasteiger partial charge in [0.2, 0.25) is 5.91 Å². The molecule has 0 aromatic carbocycles. The van der Waals surface area contributed by atoms with Crippen LogP contribution >= 0.6 is 0 Å². The maximum atomic E-state index is 13.3. The number of rotatable bonds is 43. The van der Waals surface area contributed by atoms with Gasteiger partial charge in [-0.1, -0.05) is 214 Å². The van der Waals surface area contributed by atoms with Gasteiger partial charge in [0, 0.05) is 6.42 Å². The molecule has 1 heterocycles. The molecule has 0 radical (unpaired) electrons. The van der Waals surface area contributed by atoms with Crippen molar-refractivity contribution in [2.45, 2.75) is 243 Å². The van der Waals surface area contributed by atoms with E-state index < -0.39 is 67.4 Å². The van der Waals surface area contributed by atoms with Crippen LogP contribution in [-0.2, 0) is 23.8 Å². The van der Waals surface area contributed by atoms with Gasteiger partial charge in [-0.2, -0.15) is 0 Å². The first-order chi connectivity index (χ1) is 33.7. The van der Waals surface area contributed by atoms with Gasteiger partial charge < -0.3 is 45.1 Å². The van der Waals surface area contributed by atoms with Crippen molar-refractivity contribution in [3.8, 4) is 0 Å². The van der Waals surface area contributed by atoms with E-state index in [-0.39, 0.29) is 19.4 Å². The summed E-state index contributed by atoms with van der Waals surface area (Å²) in [6, 6.07) is -1.04. The Kier molecular flexibility index (Phi) is 42.1. The third-order valence-corrected chi connectivity index (χ3v) is 12.1. The predicted molar refractivity (Wildman–Crippen MR) is 282 cm³/mol. The second-order valence-electron chi connectivity index (χ2n) is 18.4. The zero-order chi connectivity index (χ0) is 50.4. The van der Waals surface area contributed by atoms with Crippen molar-refractivity contribution in [1.82, 2.24) is 5.32 Å². The molecule has 0 aromatic heterocycles. The molecule has 0 aliphatic carbocycles. The van der Waals surface area contributed by atoms with Gasteiger partial charge >= 0.3 is 5.97 Å². The fourth-order valence-electron chi connectivity index (χ4n) is 7.79. The summed E-state index contributed by atoms with van der Waals surface area (Å²) < 4.78 is 17.5. The van der Waals surface area contributed by atoms with Crippen LogP contribution in [0.5, 0.6) is 0 Å². The van der Waals surface area contributed by atoms with Gasteiger partial charge in [-0.15, -0.1) is 0 Å². The lowest BCUT2D eigenvalue weighted by atomic mass is 9.99. The molecule has 0 aromatic rings. The summed E-state index contributed by atoms with van der Waals surface area (Å²) in [6.45, 7) is 5.55. The van der Waals surface area contributed by atoms with Gasteiger partial charge in [0.1, 0.15) is 24.4 Å². The fraction of sp³-hybridized carbons (Fsp3) is 0.690. The number of unbranched alkanes of at least 4 members (excludes halogenated alkanes) is 20. The van der Waals surface area contributed by atoms with E-state index >= 15 is 0 Å². The van der Waals surface area contributed by atoms with Crippen LogP contribution in [0.15, 0.2) is 97.2 Å². The Hall–Kier alpha value is -3.42. The monoisotopic (exact) mass is 968 g/mol. The maximum Gasteiger partial charge on any atom is 0.306 e. The van der Waals surface area contributed by atoms with Crippen LogP contribution in [0.25, 0.3) is 0 Å². The van der Waals surface area contributed by atoms with Crippen molar-refractivity contribution in [3.05, 3.63) is 97.2 Å². The number of allylic oxidation sites excluding steroid dienone is 15. The minimum absolute atomic E-state index is 0.0655. The number of hydrogen-bond acceptors (Lipinski definition) is 10. The summed E-state index contributed by atoms with van der Waals surface area (Å²) in [7, 11) is 0. The first kappa shape index (κ1) is 63.6. The standard InChI is InChI=1S/C58H97NO10/c1-4-7-10-13-16-19-22-24-25-26-27-28-31-34-37-40-43-46-53(63)69-56-55(65)54(64)52(47-60)68-58(56)67-48-49(50(61)44-41-38-35-32-29-21-18-15-12-9-6-3)59-57(66)51(62)45-42-39-36-33-30-23-20-17-14-11-8-5-2/h7,10,13,16,19,22,24-28,30-31,33,41,44,49-52,54-56,58,60-62,64-65H,4-6,8-9,11-12,14-15,17-18,20-21,23,29,32,34-40,42-43,45-48H2,1-3H3,(H,59,66)/b10-7-,16-13+,22-19+,25-24-,27-26+,31-28+,33-30-,44-41+. The Bertz CT molecular complexity index is 1480. The fourth-order valence-corrected chi connectivity index (χ4v) is 7.79. The third-order valence-electron chi connectivity index (χ3n) is 12.1. The van der Waals surface area contributed by atoms with Crippen molar-refractivity contribution in [2.75, 3.05) is 13.2 Å². The lowest BCUT2D eigenvalue weighted by Crippen LogP contribution is -2.61. The molecule has 1 aliphatic heterocycles. The van der Waals surface area contributed by atoms with Crippen molar-refractivity contribution in [2.24, 2.45) is 0 Å². The van der Waals surface area contributed by atoms with Gasteiger partial charge in [-0.3, -0.25) is 9.59 Å². The Labute approximate surface area is 418 Å². The number of aliphatic hydroxyl groups is 5. The van der Waals surface area contributed by atoms with Crippen LogP contribution < -0.4 is 5.32 Å². The molecule has 6 N–H and O–H groups in total. The number of aliphatic hydroxyl groups excluding tert-OH is 5. The highest BCUT2D eigenvalue weighted by Crippen LogP contribution is 2.26. The van der Waals surface area contributed by atoms with Crippen LogP contribution in [-0.4, -0.2) is 99.6 Å². The van der Waals surface area contributed by atoms with Crippen molar-refractivity contribution in [1.29, 1.82) is 0 Å². The lowest BCUT2D eigenvalue weighted by Gasteiger charge is -2.41. The molecule has 1 aliphatic rings. The number of esters is 1. The Balaban J connectivity index is 2.80. The maximum absolute atomic E-state index is 13.3. The summed E-state index contributed by atoms with van der Waals surface area (Å²) in [6.07, 6.45) is 48.8. The largest absolute Gasteiger partial charge is 0.454 e. The smallest absolute Gasteiger partial charge is 0.306 e. The summed E-state index contributed by atoms with van der Waals surface area (Å²) in [5.41, 5.74) is 0. The topological polar surface area (TPSA) is 175 Å². The molecule has 8 unspecified atom stereocenters. The minimum atomic E-state index is -1.64. The van der Waals surface area contributed by atoms with Crippen LogP contribution in [0, 0.1) is 0 Å². The zero-order valence-corrected chi connectivity index (χ0v) is 43.1. The third kappa shape index (κ3) is 34.5. The SMILES string of the molecule is CC\C=C/C=C/C=C/C=C\C=C\C=C\CCCCCC(=O)OC1C(OCC(NC(=O)C(O)CCCC/C=C\CCCCCCCC)C(O)/C=C/CCCCCCCCCCC)OC(CO)C(O)C1O. The van der Waals surface area contributed by atoms with Crippen molar-refractivity contribution >= 4 is 11.9 Å². The molecule has 1 amide bonds. The normalized spacial score (nSPS) is 20.6. The highest BCUT2D eigenvalue weighted by atomic mass is 16.7. The molecule has 11 heteroatoms. The molecule has 11 nitrogen and oxygen atoms in total. The van der Waals surface area contributed by atoms with Gasteiger partial charge in [0.05, 0.1) is 25.4 Å². The first-order valence-corrected chi connectivity index (χ1v) is 27.1. The predicted octanol–water partition coefficient (Wildman–Crippen LogP) is 11.6. The average Bonchev–Trinajstić information content (AvgIpc) is 3.34. The molecule has 1 fully saturated rings. The van der Waals surface area contributed by atoms with Crippen LogP contribution in [0.3, 0.4) is 0 Å². The summed E-state index contributed by atoms with van der Waals surface area (Å²) in [4.78, 5) is 26.4. The van der Waals surface area contributed by atoms with Gasteiger partial charge in [0.15, 0.2) is 12.4 Å². The van der Waals surface area contributed by atoms with Crippen LogP contribution in [0.1, 0.15) is 194 Å². The highest BCUT2D eigenvalue weighted by molar-refractivity contribution is 5.80. The highest BCUT2D eigenvalue weighted by Gasteiger charge is 2.47.